The van der Waals surface area contributed by atoms with Crippen molar-refractivity contribution in [2.24, 2.45) is 0 Å². The van der Waals surface area contributed by atoms with E-state index in [1.54, 1.807) is 18.5 Å². The molecule has 2 aliphatic heterocycles. The lowest BCUT2D eigenvalue weighted by molar-refractivity contribution is -0.181. The normalized spacial score (nSPS) is 21.1. The van der Waals surface area contributed by atoms with Gasteiger partial charge >= 0.3 is 0 Å². The number of hydrogen-bond acceptors (Lipinski definition) is 6. The first-order chi connectivity index (χ1) is 18.3. The van der Waals surface area contributed by atoms with E-state index in [9.17, 15) is 9.18 Å². The molecule has 8 nitrogen and oxygen atoms in total. The Morgan fingerprint density at radius 1 is 1.26 bits per heavy atom. The first kappa shape index (κ1) is 24.9. The van der Waals surface area contributed by atoms with Crippen LogP contribution in [-0.4, -0.2) is 53.9 Å². The van der Waals surface area contributed by atoms with Gasteiger partial charge in [-0.2, -0.15) is 0 Å². The summed E-state index contributed by atoms with van der Waals surface area (Å²) in [6.07, 6.45) is 5.66. The van der Waals surface area contributed by atoms with Crippen LogP contribution in [0.3, 0.4) is 0 Å². The zero-order chi connectivity index (χ0) is 26.5. The average Bonchev–Trinajstić information content (AvgIpc) is 3.58. The van der Waals surface area contributed by atoms with Crippen LogP contribution in [-0.2, 0) is 21.3 Å². The highest BCUT2D eigenvalue weighted by Crippen LogP contribution is 2.54. The van der Waals surface area contributed by atoms with Crippen molar-refractivity contribution in [1.82, 2.24) is 15.3 Å². The second kappa shape index (κ2) is 9.39. The summed E-state index contributed by atoms with van der Waals surface area (Å²) < 4.78 is 32.7. The summed E-state index contributed by atoms with van der Waals surface area (Å²) in [5.41, 5.74) is 4.36. The van der Waals surface area contributed by atoms with E-state index in [-0.39, 0.29) is 28.8 Å². The SMILES string of the molecule is CCc1c(F)cccc1Nc1c(-c2ccncc2OCC2COC(C)(C)CO2)[nH]c2c1C(=O)NCC21CC1. The highest BCUT2D eigenvalue weighted by molar-refractivity contribution is 6.07. The molecule has 2 fully saturated rings. The maximum atomic E-state index is 14.7. The molecule has 3 N–H and O–H groups in total. The number of H-pyrrole nitrogens is 1. The van der Waals surface area contributed by atoms with Gasteiger partial charge in [0, 0.05) is 40.7 Å². The number of carbonyl (C=O) groups is 1. The Morgan fingerprint density at radius 2 is 2.11 bits per heavy atom. The number of anilines is 2. The van der Waals surface area contributed by atoms with E-state index < -0.39 is 0 Å². The number of aromatic amines is 1. The molecule has 3 aliphatic rings. The van der Waals surface area contributed by atoms with E-state index in [0.717, 1.165) is 24.1 Å². The molecule has 3 aromatic rings. The van der Waals surface area contributed by atoms with Gasteiger partial charge in [0.2, 0.25) is 0 Å². The van der Waals surface area contributed by atoms with Gasteiger partial charge < -0.3 is 29.8 Å². The summed E-state index contributed by atoms with van der Waals surface area (Å²) >= 11 is 0. The quantitative estimate of drug-likeness (QED) is 0.411. The highest BCUT2D eigenvalue weighted by Gasteiger charge is 2.51. The summed E-state index contributed by atoms with van der Waals surface area (Å²) in [7, 11) is 0. The minimum absolute atomic E-state index is 0.0957. The van der Waals surface area contributed by atoms with Crippen molar-refractivity contribution in [3.63, 3.8) is 0 Å². The standard InChI is InChI=1S/C29H33FN4O4/c1-4-18-20(30)6-5-7-21(18)33-25-23-26(29(9-10-29)15-32-27(23)35)34-24(25)19-8-11-31-12-22(19)36-13-17-14-38-28(2,3)16-37-17/h5-8,11-12,17,33-34H,4,9-10,13-16H2,1-3H3,(H,32,35). The van der Waals surface area contributed by atoms with Gasteiger partial charge in [-0.3, -0.25) is 9.78 Å². The summed E-state index contributed by atoms with van der Waals surface area (Å²) in [5, 5.41) is 6.49. The van der Waals surface area contributed by atoms with Crippen molar-refractivity contribution < 1.29 is 23.4 Å². The van der Waals surface area contributed by atoms with Crippen LogP contribution in [0.4, 0.5) is 15.8 Å². The molecule has 38 heavy (non-hydrogen) atoms. The fraction of sp³-hybridized carbons (Fsp3) is 0.448. The molecular formula is C29H33FN4O4. The van der Waals surface area contributed by atoms with E-state index >= 15 is 0 Å². The Labute approximate surface area is 221 Å². The molecule has 1 amide bonds. The predicted molar refractivity (Wildman–Crippen MR) is 142 cm³/mol. The van der Waals surface area contributed by atoms with Crippen LogP contribution in [0.2, 0.25) is 0 Å². The van der Waals surface area contributed by atoms with Crippen LogP contribution in [0.5, 0.6) is 5.75 Å². The van der Waals surface area contributed by atoms with E-state index in [1.165, 1.54) is 6.07 Å². The van der Waals surface area contributed by atoms with E-state index in [4.69, 9.17) is 14.2 Å². The van der Waals surface area contributed by atoms with Crippen LogP contribution < -0.4 is 15.4 Å². The van der Waals surface area contributed by atoms with Crippen molar-refractivity contribution in [2.45, 2.75) is 57.2 Å². The van der Waals surface area contributed by atoms with Gasteiger partial charge in [0.15, 0.2) is 0 Å². The number of amides is 1. The molecule has 0 radical (unpaired) electrons. The zero-order valence-electron chi connectivity index (χ0n) is 21.9. The molecule has 200 valence electrons. The zero-order valence-corrected chi connectivity index (χ0v) is 21.9. The number of benzene rings is 1. The Morgan fingerprint density at radius 3 is 2.84 bits per heavy atom. The predicted octanol–water partition coefficient (Wildman–Crippen LogP) is 4.87. The van der Waals surface area contributed by atoms with Crippen molar-refractivity contribution in [3.8, 4) is 17.0 Å². The summed E-state index contributed by atoms with van der Waals surface area (Å²) in [6.45, 7) is 7.74. The third-order valence-corrected chi connectivity index (χ3v) is 7.74. The average molecular weight is 521 g/mol. The number of carbonyl (C=O) groups excluding carboxylic acids is 1. The number of rotatable bonds is 7. The lowest BCUT2D eigenvalue weighted by Gasteiger charge is -2.34. The highest BCUT2D eigenvalue weighted by atomic mass is 19.1. The molecule has 9 heteroatoms. The Kier molecular flexibility index (Phi) is 6.15. The molecular weight excluding hydrogens is 487 g/mol. The number of halogens is 1. The van der Waals surface area contributed by atoms with Gasteiger partial charge in [-0.05, 0) is 51.3 Å². The minimum Gasteiger partial charge on any atom is -0.488 e. The maximum absolute atomic E-state index is 14.7. The largest absolute Gasteiger partial charge is 0.488 e. The first-order valence-electron chi connectivity index (χ1n) is 13.2. The summed E-state index contributed by atoms with van der Waals surface area (Å²) in [5.74, 6) is 0.129. The van der Waals surface area contributed by atoms with Gasteiger partial charge in [0.25, 0.3) is 5.91 Å². The number of ether oxygens (including phenoxy) is 3. The van der Waals surface area contributed by atoms with Crippen LogP contribution in [0.15, 0.2) is 36.7 Å². The molecule has 1 spiro atoms. The monoisotopic (exact) mass is 520 g/mol. The molecule has 1 unspecified atom stereocenters. The third-order valence-electron chi connectivity index (χ3n) is 7.74. The molecule has 1 saturated carbocycles. The third kappa shape index (κ3) is 4.43. The first-order valence-corrected chi connectivity index (χ1v) is 13.2. The topological polar surface area (TPSA) is 97.5 Å². The molecule has 1 atom stereocenters. The molecule has 4 heterocycles. The molecule has 6 rings (SSSR count). The Hall–Kier alpha value is -3.43. The number of hydrogen-bond donors (Lipinski definition) is 3. The van der Waals surface area contributed by atoms with Gasteiger partial charge in [0.05, 0.1) is 42.0 Å². The van der Waals surface area contributed by atoms with Gasteiger partial charge in [-0.15, -0.1) is 0 Å². The Balaban J connectivity index is 1.40. The van der Waals surface area contributed by atoms with Crippen molar-refractivity contribution in [2.75, 3.05) is 31.7 Å². The molecule has 1 saturated heterocycles. The van der Waals surface area contributed by atoms with Crippen LogP contribution >= 0.6 is 0 Å². The van der Waals surface area contributed by atoms with Crippen LogP contribution in [0, 0.1) is 5.82 Å². The number of fused-ring (bicyclic) bond motifs is 2. The second-order valence-corrected chi connectivity index (χ2v) is 11.0. The Bertz CT molecular complexity index is 1370. The molecule has 2 aromatic heterocycles. The molecule has 0 bridgehead atoms. The fourth-order valence-electron chi connectivity index (χ4n) is 5.33. The van der Waals surface area contributed by atoms with Gasteiger partial charge in [0.1, 0.15) is 24.3 Å². The van der Waals surface area contributed by atoms with E-state index in [2.05, 4.69) is 20.6 Å². The lowest BCUT2D eigenvalue weighted by Crippen LogP contribution is -2.44. The number of aromatic nitrogens is 2. The molecule has 1 aliphatic carbocycles. The van der Waals surface area contributed by atoms with Gasteiger partial charge in [-0.25, -0.2) is 4.39 Å². The van der Waals surface area contributed by atoms with Crippen molar-refractivity contribution in [3.05, 3.63) is 59.3 Å². The lowest BCUT2D eigenvalue weighted by atomic mass is 9.93. The minimum atomic E-state index is -0.312. The van der Waals surface area contributed by atoms with Gasteiger partial charge in [-0.1, -0.05) is 13.0 Å². The number of nitrogens with one attached hydrogen (secondary N) is 3. The van der Waals surface area contributed by atoms with Crippen molar-refractivity contribution >= 4 is 17.3 Å². The maximum Gasteiger partial charge on any atom is 0.255 e. The van der Waals surface area contributed by atoms with Crippen molar-refractivity contribution in [1.29, 1.82) is 0 Å². The number of pyridine rings is 1. The summed E-state index contributed by atoms with van der Waals surface area (Å²) in [4.78, 5) is 21.1. The van der Waals surface area contributed by atoms with Crippen LogP contribution in [0.25, 0.3) is 11.3 Å². The number of nitrogens with zero attached hydrogens (tertiary/aromatic N) is 1. The molecule has 1 aromatic carbocycles. The fourth-order valence-corrected chi connectivity index (χ4v) is 5.33. The second-order valence-electron chi connectivity index (χ2n) is 11.0. The smallest absolute Gasteiger partial charge is 0.255 e. The van der Waals surface area contributed by atoms with E-state index in [1.807, 2.05) is 32.9 Å². The summed E-state index contributed by atoms with van der Waals surface area (Å²) in [6, 6.07) is 6.83. The van der Waals surface area contributed by atoms with E-state index in [0.29, 0.717) is 66.7 Å². The van der Waals surface area contributed by atoms with Crippen LogP contribution in [0.1, 0.15) is 55.2 Å².